The van der Waals surface area contributed by atoms with E-state index in [0.717, 1.165) is 32.2 Å². The van der Waals surface area contributed by atoms with Crippen LogP contribution in [0.25, 0.3) is 0 Å². The Morgan fingerprint density at radius 1 is 1.35 bits per heavy atom. The SMILES string of the molecule is CC(C)(C)OC(=O)NC1CC(NCC2CCC=CO2)C1. The number of carbonyl (C=O) groups is 1. The van der Waals surface area contributed by atoms with Gasteiger partial charge in [0.1, 0.15) is 11.7 Å². The molecule has 5 heteroatoms. The van der Waals surface area contributed by atoms with E-state index in [9.17, 15) is 4.79 Å². The van der Waals surface area contributed by atoms with Crippen LogP contribution in [0, 0.1) is 0 Å². The van der Waals surface area contributed by atoms with E-state index in [2.05, 4.69) is 16.7 Å². The Hall–Kier alpha value is -1.23. The van der Waals surface area contributed by atoms with Crippen LogP contribution in [-0.2, 0) is 9.47 Å². The molecule has 0 bridgehead atoms. The number of amides is 1. The molecule has 0 aromatic rings. The maximum absolute atomic E-state index is 11.6. The van der Waals surface area contributed by atoms with Crippen LogP contribution in [0.15, 0.2) is 12.3 Å². The zero-order valence-corrected chi connectivity index (χ0v) is 12.6. The molecule has 1 amide bonds. The van der Waals surface area contributed by atoms with Crippen LogP contribution >= 0.6 is 0 Å². The van der Waals surface area contributed by atoms with Crippen molar-refractivity contribution < 1.29 is 14.3 Å². The van der Waals surface area contributed by atoms with Crippen LogP contribution in [0.3, 0.4) is 0 Å². The maximum Gasteiger partial charge on any atom is 0.407 e. The second kappa shape index (κ2) is 6.48. The summed E-state index contributed by atoms with van der Waals surface area (Å²) in [7, 11) is 0. The fourth-order valence-corrected chi connectivity index (χ4v) is 2.41. The van der Waals surface area contributed by atoms with Gasteiger partial charge in [-0.2, -0.15) is 0 Å². The van der Waals surface area contributed by atoms with Crippen LogP contribution in [0.1, 0.15) is 46.5 Å². The molecular formula is C15H26N2O3. The van der Waals surface area contributed by atoms with Crippen molar-refractivity contribution in [3.63, 3.8) is 0 Å². The predicted molar refractivity (Wildman–Crippen MR) is 77.4 cm³/mol. The number of rotatable bonds is 4. The van der Waals surface area contributed by atoms with Crippen LogP contribution in [0.2, 0.25) is 0 Å². The standard InChI is InChI=1S/C15H26N2O3/c1-15(2,3)20-14(18)17-12-8-11(9-12)16-10-13-6-4-5-7-19-13/h5,7,11-13,16H,4,6,8-10H2,1-3H3,(H,17,18). The highest BCUT2D eigenvalue weighted by molar-refractivity contribution is 5.68. The number of alkyl carbamates (subject to hydrolysis) is 1. The van der Waals surface area contributed by atoms with Crippen LogP contribution in [-0.4, -0.2) is 36.4 Å². The molecule has 1 aliphatic heterocycles. The first-order valence-corrected chi connectivity index (χ1v) is 7.46. The number of hydrogen-bond donors (Lipinski definition) is 2. The van der Waals surface area contributed by atoms with Crippen LogP contribution in [0.5, 0.6) is 0 Å². The minimum absolute atomic E-state index is 0.231. The third-order valence-corrected chi connectivity index (χ3v) is 3.52. The van der Waals surface area contributed by atoms with E-state index in [4.69, 9.17) is 9.47 Å². The van der Waals surface area contributed by atoms with E-state index in [1.807, 2.05) is 20.8 Å². The fourth-order valence-electron chi connectivity index (χ4n) is 2.41. The van der Waals surface area contributed by atoms with Gasteiger partial charge >= 0.3 is 6.09 Å². The van der Waals surface area contributed by atoms with Gasteiger partial charge in [-0.1, -0.05) is 0 Å². The fraction of sp³-hybridized carbons (Fsp3) is 0.800. The second-order valence-electron chi connectivity index (χ2n) is 6.63. The number of carbonyl (C=O) groups excluding carboxylic acids is 1. The van der Waals surface area contributed by atoms with E-state index in [1.54, 1.807) is 6.26 Å². The first-order chi connectivity index (χ1) is 9.42. The number of hydrogen-bond acceptors (Lipinski definition) is 4. The molecule has 2 N–H and O–H groups in total. The lowest BCUT2D eigenvalue weighted by atomic mass is 9.86. The maximum atomic E-state index is 11.6. The molecular weight excluding hydrogens is 256 g/mol. The molecule has 0 aromatic carbocycles. The largest absolute Gasteiger partial charge is 0.497 e. The minimum Gasteiger partial charge on any atom is -0.497 e. The smallest absolute Gasteiger partial charge is 0.407 e. The van der Waals surface area contributed by atoms with Gasteiger partial charge in [0.05, 0.1) is 6.26 Å². The van der Waals surface area contributed by atoms with E-state index in [1.165, 1.54) is 0 Å². The first kappa shape index (κ1) is 15.2. The Bertz CT molecular complexity index is 357. The molecule has 0 aromatic heterocycles. The molecule has 1 heterocycles. The topological polar surface area (TPSA) is 59.6 Å². The average molecular weight is 282 g/mol. The van der Waals surface area contributed by atoms with Gasteiger partial charge in [0.25, 0.3) is 0 Å². The summed E-state index contributed by atoms with van der Waals surface area (Å²) >= 11 is 0. The molecule has 2 aliphatic rings. The Kier molecular flexibility index (Phi) is 4.91. The minimum atomic E-state index is -0.433. The molecule has 2 rings (SSSR count). The van der Waals surface area contributed by atoms with Gasteiger partial charge in [-0.15, -0.1) is 0 Å². The van der Waals surface area contributed by atoms with Crippen molar-refractivity contribution in [3.8, 4) is 0 Å². The van der Waals surface area contributed by atoms with Crippen molar-refractivity contribution in [1.82, 2.24) is 10.6 Å². The zero-order chi connectivity index (χ0) is 14.6. The number of allylic oxidation sites excluding steroid dienone is 1. The lowest BCUT2D eigenvalue weighted by Gasteiger charge is -2.37. The van der Waals surface area contributed by atoms with Gasteiger partial charge < -0.3 is 20.1 Å². The number of ether oxygens (including phenoxy) is 2. The highest BCUT2D eigenvalue weighted by atomic mass is 16.6. The van der Waals surface area contributed by atoms with E-state index < -0.39 is 5.60 Å². The molecule has 0 radical (unpaired) electrons. The molecule has 1 fully saturated rings. The predicted octanol–water partition coefficient (Wildman–Crippen LogP) is 2.32. The molecule has 1 unspecified atom stereocenters. The van der Waals surface area contributed by atoms with Gasteiger partial charge in [-0.25, -0.2) is 4.79 Å². The monoisotopic (exact) mass is 282 g/mol. The van der Waals surface area contributed by atoms with Crippen molar-refractivity contribution in [2.75, 3.05) is 6.54 Å². The molecule has 0 spiro atoms. The van der Waals surface area contributed by atoms with Crippen molar-refractivity contribution in [2.24, 2.45) is 0 Å². The summed E-state index contributed by atoms with van der Waals surface area (Å²) in [6, 6.07) is 0.707. The van der Waals surface area contributed by atoms with Gasteiger partial charge in [-0.05, 0) is 52.5 Å². The van der Waals surface area contributed by atoms with Crippen LogP contribution < -0.4 is 10.6 Å². The van der Waals surface area contributed by atoms with E-state index in [0.29, 0.717) is 6.04 Å². The number of nitrogens with one attached hydrogen (secondary N) is 2. The highest BCUT2D eigenvalue weighted by Crippen LogP contribution is 2.21. The molecule has 1 aliphatic carbocycles. The second-order valence-corrected chi connectivity index (χ2v) is 6.63. The average Bonchev–Trinajstić information content (AvgIpc) is 2.31. The van der Waals surface area contributed by atoms with E-state index in [-0.39, 0.29) is 18.2 Å². The third kappa shape index (κ3) is 5.04. The van der Waals surface area contributed by atoms with Crippen molar-refractivity contribution in [3.05, 3.63) is 12.3 Å². The Morgan fingerprint density at radius 3 is 2.70 bits per heavy atom. The highest BCUT2D eigenvalue weighted by Gasteiger charge is 2.31. The summed E-state index contributed by atoms with van der Waals surface area (Å²) in [6.07, 6.45) is 7.92. The van der Waals surface area contributed by atoms with Crippen LogP contribution in [0.4, 0.5) is 4.79 Å². The molecule has 1 atom stereocenters. The summed E-state index contributed by atoms with van der Waals surface area (Å²) < 4.78 is 10.7. The van der Waals surface area contributed by atoms with Gasteiger partial charge in [0, 0.05) is 18.6 Å². The summed E-state index contributed by atoms with van der Waals surface area (Å²) in [5.74, 6) is 0. The lowest BCUT2D eigenvalue weighted by Crippen LogP contribution is -2.54. The zero-order valence-electron chi connectivity index (χ0n) is 12.6. The summed E-state index contributed by atoms with van der Waals surface area (Å²) in [4.78, 5) is 11.6. The molecule has 0 saturated heterocycles. The lowest BCUT2D eigenvalue weighted by molar-refractivity contribution is 0.0458. The van der Waals surface area contributed by atoms with Crippen molar-refractivity contribution in [2.45, 2.75) is 70.2 Å². The molecule has 114 valence electrons. The molecule has 5 nitrogen and oxygen atoms in total. The van der Waals surface area contributed by atoms with Crippen molar-refractivity contribution in [1.29, 1.82) is 0 Å². The molecule has 20 heavy (non-hydrogen) atoms. The summed E-state index contributed by atoms with van der Waals surface area (Å²) in [5, 5.41) is 6.39. The van der Waals surface area contributed by atoms with Crippen molar-refractivity contribution >= 4 is 6.09 Å². The molecule has 1 saturated carbocycles. The first-order valence-electron chi connectivity index (χ1n) is 7.46. The Morgan fingerprint density at radius 2 is 2.10 bits per heavy atom. The van der Waals surface area contributed by atoms with Gasteiger partial charge in [0.2, 0.25) is 0 Å². The van der Waals surface area contributed by atoms with E-state index >= 15 is 0 Å². The quantitative estimate of drug-likeness (QED) is 0.831. The normalized spacial score (nSPS) is 29.2. The Balaban J connectivity index is 1.55. The van der Waals surface area contributed by atoms with Gasteiger partial charge in [-0.3, -0.25) is 0 Å². The van der Waals surface area contributed by atoms with Gasteiger partial charge in [0.15, 0.2) is 0 Å². The third-order valence-electron chi connectivity index (χ3n) is 3.52. The Labute approximate surface area is 121 Å². The summed E-state index contributed by atoms with van der Waals surface area (Å²) in [5.41, 5.74) is -0.433. The summed E-state index contributed by atoms with van der Waals surface area (Å²) in [6.45, 7) is 6.50.